The van der Waals surface area contributed by atoms with Gasteiger partial charge in [-0.1, -0.05) is 6.92 Å². The second-order valence-electron chi connectivity index (χ2n) is 7.41. The molecular weight excluding hydrogens is 440 g/mol. The molecule has 0 bridgehead atoms. The molecule has 2 unspecified atom stereocenters. The van der Waals surface area contributed by atoms with E-state index in [2.05, 4.69) is 0 Å². The molecule has 0 spiro atoms. The van der Waals surface area contributed by atoms with Crippen LogP contribution in [0.15, 0.2) is 12.1 Å². The van der Waals surface area contributed by atoms with E-state index in [-0.39, 0.29) is 50.1 Å². The average Bonchev–Trinajstić information content (AvgIpc) is 3.34. The van der Waals surface area contributed by atoms with Crippen molar-refractivity contribution >= 4 is 23.5 Å². The van der Waals surface area contributed by atoms with E-state index in [9.17, 15) is 24.5 Å². The number of esters is 2. The number of amides is 1. The topological polar surface area (TPSA) is 144 Å². The van der Waals surface area contributed by atoms with E-state index in [4.69, 9.17) is 23.7 Å². The summed E-state index contributed by atoms with van der Waals surface area (Å²) in [4.78, 5) is 52.3. The Morgan fingerprint density at radius 2 is 1.67 bits per heavy atom. The van der Waals surface area contributed by atoms with Gasteiger partial charge in [-0.05, 0) is 27.2 Å². The highest BCUT2D eigenvalue weighted by atomic mass is 16.7. The van der Waals surface area contributed by atoms with Crippen molar-refractivity contribution in [1.29, 1.82) is 0 Å². The molecule has 0 N–H and O–H groups in total. The molecule has 1 saturated heterocycles. The van der Waals surface area contributed by atoms with Crippen molar-refractivity contribution in [3.8, 4) is 11.5 Å². The summed E-state index contributed by atoms with van der Waals surface area (Å²) in [6, 6.07) is 2.23. The van der Waals surface area contributed by atoms with Gasteiger partial charge in [0.05, 0.1) is 24.2 Å². The Morgan fingerprint density at radius 3 is 2.18 bits per heavy atom. The number of rotatable bonds is 8. The SMILES string of the molecule is CCOC(=O)C1(C(=O)OCC)C(C)CC(OCC)N1C(=O)c1cc2c(cc1[N+](=O)[O-])OCO2. The number of carbonyl (C=O) groups is 3. The Labute approximate surface area is 189 Å². The zero-order valence-electron chi connectivity index (χ0n) is 18.8. The van der Waals surface area contributed by atoms with E-state index in [1.807, 2.05) is 0 Å². The predicted octanol–water partition coefficient (Wildman–Crippen LogP) is 2.03. The van der Waals surface area contributed by atoms with E-state index >= 15 is 0 Å². The van der Waals surface area contributed by atoms with Crippen LogP contribution in [0.5, 0.6) is 11.5 Å². The van der Waals surface area contributed by atoms with E-state index in [0.717, 1.165) is 17.0 Å². The minimum Gasteiger partial charge on any atom is -0.464 e. The minimum absolute atomic E-state index is 0.0573. The van der Waals surface area contributed by atoms with Crippen LogP contribution in [0.1, 0.15) is 44.5 Å². The smallest absolute Gasteiger partial charge is 0.344 e. The summed E-state index contributed by atoms with van der Waals surface area (Å²) < 4.78 is 26.5. The van der Waals surface area contributed by atoms with Gasteiger partial charge in [0.25, 0.3) is 11.6 Å². The van der Waals surface area contributed by atoms with Crippen molar-refractivity contribution in [1.82, 2.24) is 4.90 Å². The van der Waals surface area contributed by atoms with Crippen molar-refractivity contribution in [3.63, 3.8) is 0 Å². The lowest BCUT2D eigenvalue weighted by molar-refractivity contribution is -0.385. The van der Waals surface area contributed by atoms with Crippen LogP contribution in [0.2, 0.25) is 0 Å². The molecule has 2 aliphatic heterocycles. The van der Waals surface area contributed by atoms with Crippen molar-refractivity contribution < 1.29 is 43.0 Å². The number of hydrogen-bond acceptors (Lipinski definition) is 10. The summed E-state index contributed by atoms with van der Waals surface area (Å²) in [6.07, 6.45) is -0.924. The van der Waals surface area contributed by atoms with E-state index in [0.29, 0.717) is 0 Å². The van der Waals surface area contributed by atoms with Crippen LogP contribution in [0.3, 0.4) is 0 Å². The molecule has 0 saturated carbocycles. The molecule has 33 heavy (non-hydrogen) atoms. The van der Waals surface area contributed by atoms with Crippen LogP contribution in [0.4, 0.5) is 5.69 Å². The fourth-order valence-electron chi connectivity index (χ4n) is 4.22. The summed E-state index contributed by atoms with van der Waals surface area (Å²) in [7, 11) is 0. The maximum absolute atomic E-state index is 13.9. The molecule has 180 valence electrons. The van der Waals surface area contributed by atoms with Crippen LogP contribution in [0.25, 0.3) is 0 Å². The predicted molar refractivity (Wildman–Crippen MR) is 111 cm³/mol. The number of benzene rings is 1. The zero-order chi connectivity index (χ0) is 24.3. The summed E-state index contributed by atoms with van der Waals surface area (Å²) in [5, 5.41) is 11.8. The molecule has 0 radical (unpaired) electrons. The number of nitro groups is 1. The summed E-state index contributed by atoms with van der Waals surface area (Å²) in [6.45, 7) is 6.29. The summed E-state index contributed by atoms with van der Waals surface area (Å²) >= 11 is 0. The molecule has 12 heteroatoms. The van der Waals surface area contributed by atoms with Gasteiger partial charge in [-0.2, -0.15) is 0 Å². The standard InChI is InChI=1S/C21H26N2O10/c1-5-29-17-8-12(4)21(19(25)30-6-2,20(26)31-7-3)22(17)18(24)13-9-15-16(33-11-32-15)10-14(13)23(27)28/h9-10,12,17H,5-8,11H2,1-4H3. The molecule has 3 rings (SSSR count). The van der Waals surface area contributed by atoms with Crippen LogP contribution >= 0.6 is 0 Å². The summed E-state index contributed by atoms with van der Waals surface area (Å²) in [5.41, 5.74) is -3.14. The number of hydrogen-bond donors (Lipinski definition) is 0. The third-order valence-electron chi connectivity index (χ3n) is 5.61. The lowest BCUT2D eigenvalue weighted by atomic mass is 9.85. The van der Waals surface area contributed by atoms with Crippen molar-refractivity contribution in [2.75, 3.05) is 26.6 Å². The highest BCUT2D eigenvalue weighted by Crippen LogP contribution is 2.45. The molecule has 2 aliphatic rings. The highest BCUT2D eigenvalue weighted by Gasteiger charge is 2.66. The average molecular weight is 466 g/mol. The lowest BCUT2D eigenvalue weighted by Crippen LogP contribution is -2.64. The zero-order valence-corrected chi connectivity index (χ0v) is 18.8. The van der Waals surface area contributed by atoms with Gasteiger partial charge >= 0.3 is 11.9 Å². The molecule has 0 aromatic heterocycles. The molecule has 1 fully saturated rings. The maximum Gasteiger partial charge on any atom is 0.344 e. The largest absolute Gasteiger partial charge is 0.464 e. The third-order valence-corrected chi connectivity index (χ3v) is 5.61. The van der Waals surface area contributed by atoms with Crippen LogP contribution in [-0.4, -0.2) is 66.0 Å². The quantitative estimate of drug-likeness (QED) is 0.241. The van der Waals surface area contributed by atoms with Crippen molar-refractivity contribution in [2.45, 2.75) is 45.9 Å². The first-order chi connectivity index (χ1) is 15.7. The maximum atomic E-state index is 13.9. The highest BCUT2D eigenvalue weighted by molar-refractivity contribution is 6.12. The molecule has 0 aliphatic carbocycles. The molecule has 2 heterocycles. The molecule has 1 amide bonds. The number of nitro benzene ring substituents is 1. The van der Waals surface area contributed by atoms with Gasteiger partial charge in [-0.3, -0.25) is 19.8 Å². The van der Waals surface area contributed by atoms with E-state index < -0.39 is 46.1 Å². The third kappa shape index (κ3) is 3.94. The Kier molecular flexibility index (Phi) is 7.06. The Balaban J connectivity index is 2.22. The van der Waals surface area contributed by atoms with E-state index in [1.165, 1.54) is 0 Å². The minimum atomic E-state index is -2.19. The summed E-state index contributed by atoms with van der Waals surface area (Å²) in [5.74, 6) is -3.48. The van der Waals surface area contributed by atoms with Gasteiger partial charge in [0.1, 0.15) is 11.8 Å². The van der Waals surface area contributed by atoms with Crippen molar-refractivity contribution in [3.05, 3.63) is 27.8 Å². The van der Waals surface area contributed by atoms with Crippen LogP contribution in [-0.2, 0) is 23.8 Å². The van der Waals surface area contributed by atoms with Gasteiger partial charge < -0.3 is 23.7 Å². The van der Waals surface area contributed by atoms with Gasteiger partial charge in [-0.15, -0.1) is 0 Å². The fourth-order valence-corrected chi connectivity index (χ4v) is 4.22. The number of likely N-dealkylation sites (tertiary alicyclic amines) is 1. The van der Waals surface area contributed by atoms with Gasteiger partial charge in [-0.25, -0.2) is 9.59 Å². The Bertz CT molecular complexity index is 945. The first kappa shape index (κ1) is 24.2. The van der Waals surface area contributed by atoms with Gasteiger partial charge in [0.2, 0.25) is 12.3 Å². The fraction of sp³-hybridized carbons (Fsp3) is 0.571. The van der Waals surface area contributed by atoms with Crippen molar-refractivity contribution in [2.24, 2.45) is 5.92 Å². The molecule has 1 aromatic carbocycles. The number of fused-ring (bicyclic) bond motifs is 1. The second-order valence-corrected chi connectivity index (χ2v) is 7.41. The number of ether oxygens (including phenoxy) is 5. The van der Waals surface area contributed by atoms with E-state index in [1.54, 1.807) is 27.7 Å². The Hall–Kier alpha value is -3.41. The number of nitrogens with zero attached hydrogens (tertiary/aromatic N) is 2. The molecule has 2 atom stereocenters. The Morgan fingerprint density at radius 1 is 1.09 bits per heavy atom. The number of carbonyl (C=O) groups excluding carboxylic acids is 3. The first-order valence-corrected chi connectivity index (χ1v) is 10.6. The van der Waals surface area contributed by atoms with Gasteiger partial charge in [0, 0.05) is 18.6 Å². The van der Waals surface area contributed by atoms with Gasteiger partial charge in [0.15, 0.2) is 11.5 Å². The first-order valence-electron chi connectivity index (χ1n) is 10.6. The molecular formula is C21H26N2O10. The van der Waals surface area contributed by atoms with Crippen LogP contribution in [0, 0.1) is 16.0 Å². The monoisotopic (exact) mass is 466 g/mol. The normalized spacial score (nSPS) is 20.4. The molecule has 12 nitrogen and oxygen atoms in total. The lowest BCUT2D eigenvalue weighted by Gasteiger charge is -2.38. The molecule has 1 aromatic rings. The van der Waals surface area contributed by atoms with Crippen LogP contribution < -0.4 is 9.47 Å². The second kappa shape index (κ2) is 9.61.